The average molecular weight is 399 g/mol. The number of aromatic nitrogens is 1. The Kier molecular flexibility index (Phi) is 6.06. The van der Waals surface area contributed by atoms with Crippen LogP contribution in [0.2, 0.25) is 10.0 Å². The summed E-state index contributed by atoms with van der Waals surface area (Å²) < 4.78 is 0. The number of nitrogens with zero attached hydrogens (tertiary/aromatic N) is 1. The minimum Gasteiger partial charge on any atom is -0.380 e. The highest BCUT2D eigenvalue weighted by atomic mass is 35.5. The molecule has 7 heteroatoms. The summed E-state index contributed by atoms with van der Waals surface area (Å²) in [7, 11) is 0. The number of carbonyl (C=O) groups excluding carboxylic acids is 1. The largest absolute Gasteiger partial charge is 0.380 e. The molecular formula is C20H16Cl2N4O. The molecule has 0 aliphatic rings. The summed E-state index contributed by atoms with van der Waals surface area (Å²) >= 11 is 12.1. The molecule has 27 heavy (non-hydrogen) atoms. The fourth-order valence-electron chi connectivity index (χ4n) is 2.45. The van der Waals surface area contributed by atoms with E-state index in [9.17, 15) is 4.79 Å². The Morgan fingerprint density at radius 3 is 2.56 bits per heavy atom. The maximum Gasteiger partial charge on any atom is 0.275 e. The van der Waals surface area contributed by atoms with Crippen molar-refractivity contribution in [3.63, 3.8) is 0 Å². The second-order valence-corrected chi connectivity index (χ2v) is 6.52. The Morgan fingerprint density at radius 2 is 1.81 bits per heavy atom. The summed E-state index contributed by atoms with van der Waals surface area (Å²) in [5, 5.41) is 15.2. The van der Waals surface area contributed by atoms with E-state index >= 15 is 0 Å². The molecule has 0 radical (unpaired) electrons. The number of benzene rings is 2. The molecule has 0 saturated heterocycles. The van der Waals surface area contributed by atoms with Crippen LogP contribution in [-0.2, 0) is 11.3 Å². The SMILES string of the molecule is N=C(C(=O)Nc1ccccn1)c1ccccc1NCc1ccc(Cl)cc1Cl. The number of amides is 1. The van der Waals surface area contributed by atoms with Crippen molar-refractivity contribution < 1.29 is 4.79 Å². The van der Waals surface area contributed by atoms with Gasteiger partial charge in [0.05, 0.1) is 0 Å². The van der Waals surface area contributed by atoms with Crippen LogP contribution in [-0.4, -0.2) is 16.6 Å². The van der Waals surface area contributed by atoms with Gasteiger partial charge in [0, 0.05) is 34.0 Å². The first-order chi connectivity index (χ1) is 13.0. The molecular weight excluding hydrogens is 383 g/mol. The maximum atomic E-state index is 12.4. The number of carbonyl (C=O) groups is 1. The van der Waals surface area contributed by atoms with Gasteiger partial charge >= 0.3 is 0 Å². The van der Waals surface area contributed by atoms with Gasteiger partial charge in [0.15, 0.2) is 0 Å². The fourth-order valence-corrected chi connectivity index (χ4v) is 2.92. The van der Waals surface area contributed by atoms with Crippen molar-refractivity contribution in [1.29, 1.82) is 5.41 Å². The number of rotatable bonds is 6. The predicted octanol–water partition coefficient (Wildman–Crippen LogP) is 5.01. The zero-order valence-corrected chi connectivity index (χ0v) is 15.7. The van der Waals surface area contributed by atoms with Crippen LogP contribution in [0.1, 0.15) is 11.1 Å². The van der Waals surface area contributed by atoms with E-state index in [0.29, 0.717) is 33.7 Å². The zero-order valence-electron chi connectivity index (χ0n) is 14.2. The van der Waals surface area contributed by atoms with Crippen LogP contribution >= 0.6 is 23.2 Å². The van der Waals surface area contributed by atoms with Crippen molar-refractivity contribution in [2.24, 2.45) is 0 Å². The van der Waals surface area contributed by atoms with Crippen LogP contribution < -0.4 is 10.6 Å². The Labute approximate surface area is 166 Å². The number of para-hydroxylation sites is 1. The lowest BCUT2D eigenvalue weighted by atomic mass is 10.1. The first-order valence-electron chi connectivity index (χ1n) is 8.13. The molecule has 2 aromatic carbocycles. The van der Waals surface area contributed by atoms with Gasteiger partial charge in [0.2, 0.25) is 0 Å². The van der Waals surface area contributed by atoms with Gasteiger partial charge in [0.1, 0.15) is 11.5 Å². The molecule has 0 aliphatic carbocycles. The molecule has 1 amide bonds. The minimum absolute atomic E-state index is 0.161. The van der Waals surface area contributed by atoms with Gasteiger partial charge in [-0.05, 0) is 35.9 Å². The standard InChI is InChI=1S/C20H16Cl2N4O/c21-14-9-8-13(16(22)11-14)12-25-17-6-2-1-5-15(17)19(23)20(27)26-18-7-3-4-10-24-18/h1-11,23,25H,12H2,(H,24,26,27). The van der Waals surface area contributed by atoms with Crippen LogP contribution in [0.15, 0.2) is 66.9 Å². The lowest BCUT2D eigenvalue weighted by molar-refractivity contribution is -0.110. The van der Waals surface area contributed by atoms with Gasteiger partial charge in [-0.2, -0.15) is 0 Å². The first kappa shape index (κ1) is 18.9. The molecule has 3 rings (SSSR count). The summed E-state index contributed by atoms with van der Waals surface area (Å²) in [6, 6.07) is 17.6. The van der Waals surface area contributed by atoms with Gasteiger partial charge < -0.3 is 10.6 Å². The van der Waals surface area contributed by atoms with Gasteiger partial charge in [-0.3, -0.25) is 10.2 Å². The fraction of sp³-hybridized carbons (Fsp3) is 0.0500. The monoisotopic (exact) mass is 398 g/mol. The normalized spacial score (nSPS) is 10.3. The number of pyridine rings is 1. The molecule has 0 atom stereocenters. The molecule has 0 unspecified atom stereocenters. The van der Waals surface area contributed by atoms with E-state index in [2.05, 4.69) is 15.6 Å². The van der Waals surface area contributed by atoms with Crippen LogP contribution in [0.25, 0.3) is 0 Å². The first-order valence-corrected chi connectivity index (χ1v) is 8.88. The lowest BCUT2D eigenvalue weighted by Crippen LogP contribution is -2.24. The zero-order chi connectivity index (χ0) is 19.2. The second kappa shape index (κ2) is 8.66. The van der Waals surface area contributed by atoms with E-state index in [1.54, 1.807) is 48.7 Å². The molecule has 3 aromatic rings. The molecule has 0 bridgehead atoms. The summed E-state index contributed by atoms with van der Waals surface area (Å²) in [6.07, 6.45) is 1.57. The highest BCUT2D eigenvalue weighted by Crippen LogP contribution is 2.23. The molecule has 136 valence electrons. The molecule has 0 saturated carbocycles. The number of hydrogen-bond acceptors (Lipinski definition) is 4. The third-order valence-corrected chi connectivity index (χ3v) is 4.40. The highest BCUT2D eigenvalue weighted by molar-refractivity contribution is 6.48. The van der Waals surface area contributed by atoms with Gasteiger partial charge in [-0.25, -0.2) is 4.98 Å². The van der Waals surface area contributed by atoms with Crippen LogP contribution in [0.3, 0.4) is 0 Å². The average Bonchev–Trinajstić information content (AvgIpc) is 2.68. The molecule has 3 N–H and O–H groups in total. The van der Waals surface area contributed by atoms with Crippen molar-refractivity contribution in [1.82, 2.24) is 4.98 Å². The number of hydrogen-bond donors (Lipinski definition) is 3. The van der Waals surface area contributed by atoms with E-state index in [0.717, 1.165) is 5.56 Å². The maximum absolute atomic E-state index is 12.4. The topological polar surface area (TPSA) is 77.9 Å². The quantitative estimate of drug-likeness (QED) is 0.510. The Morgan fingerprint density at radius 1 is 1.04 bits per heavy atom. The second-order valence-electron chi connectivity index (χ2n) is 5.68. The molecule has 0 aliphatic heterocycles. The van der Waals surface area contributed by atoms with Crippen molar-refractivity contribution in [3.8, 4) is 0 Å². The third-order valence-electron chi connectivity index (χ3n) is 3.81. The Bertz CT molecular complexity index is 977. The highest BCUT2D eigenvalue weighted by Gasteiger charge is 2.16. The smallest absolute Gasteiger partial charge is 0.275 e. The Balaban J connectivity index is 1.75. The summed E-state index contributed by atoms with van der Waals surface area (Å²) in [5.74, 6) is -0.141. The van der Waals surface area contributed by atoms with Crippen molar-refractivity contribution in [2.45, 2.75) is 6.54 Å². The van der Waals surface area contributed by atoms with Crippen LogP contribution in [0, 0.1) is 5.41 Å². The molecule has 1 heterocycles. The number of halogens is 2. The molecule has 0 spiro atoms. The minimum atomic E-state index is -0.535. The molecule has 5 nitrogen and oxygen atoms in total. The van der Waals surface area contributed by atoms with Gasteiger partial charge in [-0.1, -0.05) is 53.5 Å². The van der Waals surface area contributed by atoms with Crippen molar-refractivity contribution in [2.75, 3.05) is 10.6 Å². The van der Waals surface area contributed by atoms with E-state index in [1.165, 1.54) is 0 Å². The lowest BCUT2D eigenvalue weighted by Gasteiger charge is -2.13. The summed E-state index contributed by atoms with van der Waals surface area (Å²) in [5.41, 5.74) is 1.84. The summed E-state index contributed by atoms with van der Waals surface area (Å²) in [6.45, 7) is 0.433. The third kappa shape index (κ3) is 4.84. The van der Waals surface area contributed by atoms with Crippen LogP contribution in [0.5, 0.6) is 0 Å². The molecule has 0 fully saturated rings. The number of anilines is 2. The molecule has 1 aromatic heterocycles. The van der Waals surface area contributed by atoms with Gasteiger partial charge in [-0.15, -0.1) is 0 Å². The summed E-state index contributed by atoms with van der Waals surface area (Å²) in [4.78, 5) is 16.4. The van der Waals surface area contributed by atoms with Crippen molar-refractivity contribution in [3.05, 3.63) is 88.0 Å². The van der Waals surface area contributed by atoms with Crippen LogP contribution in [0.4, 0.5) is 11.5 Å². The van der Waals surface area contributed by atoms with Crippen molar-refractivity contribution >= 4 is 46.3 Å². The van der Waals surface area contributed by atoms with E-state index in [4.69, 9.17) is 28.6 Å². The van der Waals surface area contributed by atoms with E-state index in [1.807, 2.05) is 18.2 Å². The Hall–Kier alpha value is -2.89. The van der Waals surface area contributed by atoms with Gasteiger partial charge in [0.25, 0.3) is 5.91 Å². The predicted molar refractivity (Wildman–Crippen MR) is 110 cm³/mol. The van der Waals surface area contributed by atoms with E-state index < -0.39 is 5.91 Å². The van der Waals surface area contributed by atoms with E-state index in [-0.39, 0.29) is 5.71 Å². The number of nitrogens with one attached hydrogen (secondary N) is 3.